The van der Waals surface area contributed by atoms with E-state index in [0.29, 0.717) is 12.5 Å². The van der Waals surface area contributed by atoms with Gasteiger partial charge in [-0.05, 0) is 46.5 Å². The van der Waals surface area contributed by atoms with E-state index < -0.39 is 0 Å². The number of hydrogen-bond acceptors (Lipinski definition) is 4. The lowest BCUT2D eigenvalue weighted by molar-refractivity contribution is -0.254. The summed E-state index contributed by atoms with van der Waals surface area (Å²) in [5.74, 6) is 0.137. The molecule has 0 spiro atoms. The fourth-order valence-electron chi connectivity index (χ4n) is 2.86. The molecule has 0 aromatic heterocycles. The van der Waals surface area contributed by atoms with Crippen molar-refractivity contribution in [1.29, 1.82) is 0 Å². The van der Waals surface area contributed by atoms with E-state index in [2.05, 4.69) is 5.48 Å². The summed E-state index contributed by atoms with van der Waals surface area (Å²) in [7, 11) is 0. The molecule has 0 aromatic carbocycles. The number of nitrogens with zero attached hydrogens (tertiary/aromatic N) is 1. The molecule has 1 saturated heterocycles. The average Bonchev–Trinajstić information content (AvgIpc) is 2.12. The third kappa shape index (κ3) is 3.66. The molecule has 1 fully saturated rings. The fraction of sp³-hybridized carbons (Fsp3) is 0.917. The van der Waals surface area contributed by atoms with Crippen LogP contribution in [0.4, 0.5) is 0 Å². The predicted molar refractivity (Wildman–Crippen MR) is 64.3 cm³/mol. The zero-order valence-corrected chi connectivity index (χ0v) is 11.4. The molecule has 1 aliphatic rings. The Morgan fingerprint density at radius 1 is 1.35 bits per heavy atom. The zero-order valence-electron chi connectivity index (χ0n) is 11.4. The predicted octanol–water partition coefficient (Wildman–Crippen LogP) is 1.71. The van der Waals surface area contributed by atoms with E-state index in [4.69, 9.17) is 4.84 Å². The molecule has 0 radical (unpaired) electrons. The molecule has 17 heavy (non-hydrogen) atoms. The lowest BCUT2D eigenvalue weighted by Crippen LogP contribution is -2.59. The molecule has 2 N–H and O–H groups in total. The van der Waals surface area contributed by atoms with E-state index in [1.165, 1.54) is 12.0 Å². The summed E-state index contributed by atoms with van der Waals surface area (Å²) < 4.78 is 0. The first-order chi connectivity index (χ1) is 7.65. The van der Waals surface area contributed by atoms with Crippen LogP contribution >= 0.6 is 0 Å². The van der Waals surface area contributed by atoms with E-state index in [9.17, 15) is 10.0 Å². The summed E-state index contributed by atoms with van der Waals surface area (Å²) in [5, 5.41) is 11.6. The van der Waals surface area contributed by atoms with Crippen LogP contribution in [-0.2, 0) is 9.63 Å². The summed E-state index contributed by atoms with van der Waals surface area (Å²) in [4.78, 5) is 15.9. The van der Waals surface area contributed by atoms with Crippen LogP contribution in [0.15, 0.2) is 0 Å². The zero-order chi connectivity index (χ0) is 13.3. The monoisotopic (exact) mass is 244 g/mol. The topological polar surface area (TPSA) is 61.8 Å². The van der Waals surface area contributed by atoms with E-state index in [0.717, 1.165) is 12.8 Å². The lowest BCUT2D eigenvalue weighted by atomic mass is 9.76. The van der Waals surface area contributed by atoms with Gasteiger partial charge in [0.15, 0.2) is 0 Å². The fourth-order valence-corrected chi connectivity index (χ4v) is 2.86. The van der Waals surface area contributed by atoms with Gasteiger partial charge in [0.25, 0.3) is 0 Å². The average molecular weight is 244 g/mol. The SMILES string of the molecule is CC(=O)NOCC1CC(C)(C)N(O)C(C)(C)C1. The summed E-state index contributed by atoms with van der Waals surface area (Å²) in [6.07, 6.45) is 1.68. The van der Waals surface area contributed by atoms with Gasteiger partial charge in [0.2, 0.25) is 5.91 Å². The molecule has 0 bridgehead atoms. The first kappa shape index (κ1) is 14.4. The van der Waals surface area contributed by atoms with Gasteiger partial charge in [0.05, 0.1) is 6.61 Å². The number of carbonyl (C=O) groups is 1. The van der Waals surface area contributed by atoms with Gasteiger partial charge in [-0.3, -0.25) is 9.63 Å². The highest BCUT2D eigenvalue weighted by atomic mass is 16.6. The molecule has 5 heteroatoms. The van der Waals surface area contributed by atoms with Crippen LogP contribution in [0.25, 0.3) is 0 Å². The number of rotatable bonds is 3. The normalized spacial score (nSPS) is 24.6. The summed E-state index contributed by atoms with van der Waals surface area (Å²) in [6, 6.07) is 0. The van der Waals surface area contributed by atoms with Crippen molar-refractivity contribution in [2.24, 2.45) is 5.92 Å². The van der Waals surface area contributed by atoms with Crippen molar-refractivity contribution in [2.45, 2.75) is 58.5 Å². The molecule has 0 atom stereocenters. The van der Waals surface area contributed by atoms with Gasteiger partial charge in [0.1, 0.15) is 0 Å². The molecular weight excluding hydrogens is 220 g/mol. The molecule has 1 heterocycles. The van der Waals surface area contributed by atoms with Crippen molar-refractivity contribution in [3.05, 3.63) is 0 Å². The van der Waals surface area contributed by atoms with Gasteiger partial charge in [0, 0.05) is 18.0 Å². The largest absolute Gasteiger partial charge is 0.313 e. The number of piperidine rings is 1. The van der Waals surface area contributed by atoms with Crippen LogP contribution in [0.5, 0.6) is 0 Å². The number of hydroxylamine groups is 3. The molecule has 1 rings (SSSR count). The Balaban J connectivity index is 2.56. The van der Waals surface area contributed by atoms with Crippen LogP contribution < -0.4 is 5.48 Å². The van der Waals surface area contributed by atoms with Crippen molar-refractivity contribution < 1.29 is 14.8 Å². The van der Waals surface area contributed by atoms with Gasteiger partial charge in [-0.1, -0.05) is 0 Å². The van der Waals surface area contributed by atoms with Gasteiger partial charge in [-0.2, -0.15) is 5.06 Å². The van der Waals surface area contributed by atoms with Crippen molar-refractivity contribution in [3.63, 3.8) is 0 Å². The lowest BCUT2D eigenvalue weighted by Gasteiger charge is -2.51. The number of carbonyl (C=O) groups excluding carboxylic acids is 1. The van der Waals surface area contributed by atoms with Crippen LogP contribution in [0.3, 0.4) is 0 Å². The minimum atomic E-state index is -0.272. The Labute approximate surface area is 103 Å². The maximum atomic E-state index is 10.7. The van der Waals surface area contributed by atoms with E-state index in [1.807, 2.05) is 27.7 Å². The van der Waals surface area contributed by atoms with E-state index in [1.54, 1.807) is 0 Å². The Bertz CT molecular complexity index is 271. The Morgan fingerprint density at radius 3 is 2.24 bits per heavy atom. The minimum Gasteiger partial charge on any atom is -0.313 e. The molecule has 100 valence electrons. The molecule has 0 aliphatic carbocycles. The Hall–Kier alpha value is -0.650. The van der Waals surface area contributed by atoms with Crippen molar-refractivity contribution in [3.8, 4) is 0 Å². The van der Waals surface area contributed by atoms with Crippen LogP contribution in [-0.4, -0.2) is 33.9 Å². The summed E-state index contributed by atoms with van der Waals surface area (Å²) >= 11 is 0. The second kappa shape index (κ2) is 4.92. The Morgan fingerprint density at radius 2 is 1.82 bits per heavy atom. The van der Waals surface area contributed by atoms with Gasteiger partial charge in [-0.25, -0.2) is 5.48 Å². The molecular formula is C12H24N2O3. The maximum Gasteiger partial charge on any atom is 0.240 e. The standard InChI is InChI=1S/C12H24N2O3/c1-9(15)13-17-8-10-6-11(2,3)14(16)12(4,5)7-10/h10,16H,6-8H2,1-5H3,(H,13,15). The maximum absolute atomic E-state index is 10.7. The van der Waals surface area contributed by atoms with Gasteiger partial charge in [-0.15, -0.1) is 0 Å². The second-order valence-corrected chi connectivity index (χ2v) is 6.18. The quantitative estimate of drug-likeness (QED) is 0.742. The molecule has 0 unspecified atom stereocenters. The molecule has 1 aliphatic heterocycles. The molecule has 1 amide bonds. The summed E-state index contributed by atoms with van der Waals surface area (Å²) in [6.45, 7) is 9.96. The van der Waals surface area contributed by atoms with Crippen molar-refractivity contribution >= 4 is 5.91 Å². The third-order valence-corrected chi connectivity index (χ3v) is 3.26. The smallest absolute Gasteiger partial charge is 0.240 e. The van der Waals surface area contributed by atoms with Gasteiger partial charge >= 0.3 is 0 Å². The highest BCUT2D eigenvalue weighted by Crippen LogP contribution is 2.39. The van der Waals surface area contributed by atoms with Gasteiger partial charge < -0.3 is 5.21 Å². The second-order valence-electron chi connectivity index (χ2n) is 6.18. The molecule has 5 nitrogen and oxygen atoms in total. The van der Waals surface area contributed by atoms with Crippen molar-refractivity contribution in [2.75, 3.05) is 6.61 Å². The van der Waals surface area contributed by atoms with Crippen LogP contribution in [0, 0.1) is 5.92 Å². The molecule has 0 saturated carbocycles. The molecule has 0 aromatic rings. The number of hydrogen-bond donors (Lipinski definition) is 2. The van der Waals surface area contributed by atoms with Crippen LogP contribution in [0.1, 0.15) is 47.5 Å². The van der Waals surface area contributed by atoms with E-state index >= 15 is 0 Å². The highest BCUT2D eigenvalue weighted by Gasteiger charge is 2.44. The first-order valence-corrected chi connectivity index (χ1v) is 6.03. The van der Waals surface area contributed by atoms with Crippen LogP contribution in [0.2, 0.25) is 0 Å². The Kier molecular flexibility index (Phi) is 4.17. The third-order valence-electron chi connectivity index (χ3n) is 3.26. The first-order valence-electron chi connectivity index (χ1n) is 6.03. The number of amides is 1. The minimum absolute atomic E-state index is 0.192. The van der Waals surface area contributed by atoms with Crippen molar-refractivity contribution in [1.82, 2.24) is 10.5 Å². The van der Waals surface area contributed by atoms with E-state index in [-0.39, 0.29) is 17.0 Å². The highest BCUT2D eigenvalue weighted by molar-refractivity contribution is 5.71. The summed E-state index contributed by atoms with van der Waals surface area (Å²) in [5.41, 5.74) is 1.80. The number of nitrogens with one attached hydrogen (secondary N) is 1.